The molecule has 1 unspecified atom stereocenters. The number of piperidine rings is 1. The van der Waals surface area contributed by atoms with Gasteiger partial charge in [0.1, 0.15) is 31.1 Å². The number of benzene rings is 2. The Hall–Kier alpha value is -2.64. The second-order valence-corrected chi connectivity index (χ2v) is 18.7. The molecule has 2 spiro atoms. The highest BCUT2D eigenvalue weighted by Crippen LogP contribution is 2.73. The molecule has 0 amide bonds. The van der Waals surface area contributed by atoms with Crippen LogP contribution in [0.15, 0.2) is 72.3 Å². The molecule has 9 heterocycles. The van der Waals surface area contributed by atoms with Crippen LogP contribution in [0.3, 0.4) is 0 Å². The minimum Gasteiger partial charge on any atom is -0.354 e. The quantitative estimate of drug-likeness (QED) is 0.290. The molecule has 15 atom stereocenters. The molecular weight excluding hydrogens is 617 g/mol. The number of rotatable bonds is 4. The van der Waals surface area contributed by atoms with Gasteiger partial charge < -0.3 is 28.2 Å². The Morgan fingerprint density at radius 2 is 1.44 bits per heavy atom. The average Bonchev–Trinajstić information content (AvgIpc) is 3.72. The van der Waals surface area contributed by atoms with Gasteiger partial charge in [0.15, 0.2) is 6.04 Å². The smallest absolute Gasteiger partial charge is 0.161 e. The number of ether oxygens (including phenoxy) is 2. The van der Waals surface area contributed by atoms with Crippen molar-refractivity contribution in [3.8, 4) is 0 Å². The summed E-state index contributed by atoms with van der Waals surface area (Å²) in [6.07, 6.45) is 15.7. The minimum atomic E-state index is 0.0644. The van der Waals surface area contributed by atoms with Crippen LogP contribution in [0.25, 0.3) is 0 Å². The van der Waals surface area contributed by atoms with Crippen LogP contribution < -0.4 is 9.80 Å². The van der Waals surface area contributed by atoms with E-state index in [9.17, 15) is 0 Å². The van der Waals surface area contributed by atoms with Crippen molar-refractivity contribution >= 4 is 11.4 Å². The number of allylic oxidation sites excluding steroid dienone is 1. The molecule has 260 valence electrons. The van der Waals surface area contributed by atoms with Crippen molar-refractivity contribution in [3.05, 3.63) is 83.5 Å². The second-order valence-electron chi connectivity index (χ2n) is 18.7. The van der Waals surface area contributed by atoms with E-state index in [1.807, 2.05) is 5.57 Å². The van der Waals surface area contributed by atoms with Gasteiger partial charge in [0, 0.05) is 54.8 Å². The number of nitrogens with zero attached hydrogens (tertiary/aromatic N) is 4. The molecule has 0 radical (unpaired) electrons. The number of hydrogen-bond donors (Lipinski definition) is 0. The number of hydrogen-bond acceptors (Lipinski definition) is 4. The van der Waals surface area contributed by atoms with Gasteiger partial charge in [-0.15, -0.1) is 0 Å². The highest BCUT2D eigenvalue weighted by atomic mass is 16.5. The van der Waals surface area contributed by atoms with E-state index in [0.29, 0.717) is 53.9 Å². The van der Waals surface area contributed by atoms with Crippen LogP contribution in [0.2, 0.25) is 0 Å². The SMILES string of the molecule is CCC[N@+]12CC[C@]34c5ccccc5N5[C@@H]6OCC=C7C(C1)[N@@+]1(CCC)CC[C@@]89c%10ccccc%10N([C@@H]%10OCC=C[C@@H](C[C@@H]32)[C@@H]%10[C@@H]54)[C@H]8[C@@H]6[C@H]7C[C@@H]91. The van der Waals surface area contributed by atoms with Gasteiger partial charge in [0.05, 0.1) is 62.3 Å². The summed E-state index contributed by atoms with van der Waals surface area (Å²) in [5.41, 5.74) is 8.41. The molecule has 13 rings (SSSR count). The van der Waals surface area contributed by atoms with Crippen molar-refractivity contribution in [1.82, 2.24) is 0 Å². The van der Waals surface area contributed by atoms with Crippen LogP contribution >= 0.6 is 0 Å². The number of quaternary nitrogens is 2. The first kappa shape index (κ1) is 28.9. The van der Waals surface area contributed by atoms with Gasteiger partial charge in [0.2, 0.25) is 0 Å². The van der Waals surface area contributed by atoms with Crippen molar-refractivity contribution in [1.29, 1.82) is 0 Å². The fourth-order valence-electron chi connectivity index (χ4n) is 17.1. The van der Waals surface area contributed by atoms with Crippen LogP contribution in [0.4, 0.5) is 11.4 Å². The fraction of sp³-hybridized carbons (Fsp3) is 0.636. The van der Waals surface area contributed by atoms with Gasteiger partial charge in [-0.3, -0.25) is 0 Å². The Balaban J connectivity index is 1.22. The largest absolute Gasteiger partial charge is 0.354 e. The predicted molar refractivity (Wildman–Crippen MR) is 195 cm³/mol. The van der Waals surface area contributed by atoms with Gasteiger partial charge in [0.25, 0.3) is 0 Å². The summed E-state index contributed by atoms with van der Waals surface area (Å²) in [6.45, 7) is 13.1. The lowest BCUT2D eigenvalue weighted by atomic mass is 9.52. The zero-order valence-electron chi connectivity index (χ0n) is 30.0. The van der Waals surface area contributed by atoms with Crippen LogP contribution in [0, 0.1) is 23.7 Å². The summed E-state index contributed by atoms with van der Waals surface area (Å²) >= 11 is 0. The monoisotopic (exact) mass is 670 g/mol. The summed E-state index contributed by atoms with van der Waals surface area (Å²) in [5, 5.41) is 0. The first-order valence-corrected chi connectivity index (χ1v) is 20.7. The lowest BCUT2D eigenvalue weighted by Crippen LogP contribution is -2.77. The summed E-state index contributed by atoms with van der Waals surface area (Å²) in [5.74, 6) is 1.86. The highest BCUT2D eigenvalue weighted by Gasteiger charge is 2.82. The third kappa shape index (κ3) is 2.84. The van der Waals surface area contributed by atoms with E-state index < -0.39 is 0 Å². The molecule has 7 fully saturated rings. The first-order chi connectivity index (χ1) is 24.6. The summed E-state index contributed by atoms with van der Waals surface area (Å²) in [4.78, 5) is 6.01. The van der Waals surface area contributed by atoms with Gasteiger partial charge in [-0.25, -0.2) is 0 Å². The van der Waals surface area contributed by atoms with E-state index in [1.165, 1.54) is 91.6 Å². The molecule has 6 nitrogen and oxygen atoms in total. The van der Waals surface area contributed by atoms with Gasteiger partial charge in [-0.2, -0.15) is 0 Å². The van der Waals surface area contributed by atoms with Crippen molar-refractivity contribution in [3.63, 3.8) is 0 Å². The second kappa shape index (κ2) is 9.28. The first-order valence-electron chi connectivity index (χ1n) is 20.7. The Kier molecular flexibility index (Phi) is 5.36. The number of fused-ring (bicyclic) bond motifs is 5. The van der Waals surface area contributed by atoms with E-state index in [-0.39, 0.29) is 23.3 Å². The average molecular weight is 671 g/mol. The van der Waals surface area contributed by atoms with E-state index in [1.54, 1.807) is 11.1 Å². The number of para-hydroxylation sites is 2. The molecule has 11 aliphatic rings. The zero-order chi connectivity index (χ0) is 32.8. The molecule has 2 aromatic rings. The van der Waals surface area contributed by atoms with Crippen molar-refractivity contribution in [2.45, 2.75) is 106 Å². The topological polar surface area (TPSA) is 24.9 Å². The third-order valence-corrected chi connectivity index (χ3v) is 17.9. The maximum Gasteiger partial charge on any atom is 0.161 e. The highest BCUT2D eigenvalue weighted by molar-refractivity contribution is 5.71. The van der Waals surface area contributed by atoms with Crippen LogP contribution in [0.1, 0.15) is 63.5 Å². The maximum absolute atomic E-state index is 7.57. The summed E-state index contributed by atoms with van der Waals surface area (Å²) in [6, 6.07) is 22.3. The molecule has 2 aliphatic carbocycles. The molecule has 6 heteroatoms. The lowest BCUT2D eigenvalue weighted by Gasteiger charge is -2.64. The van der Waals surface area contributed by atoms with Crippen molar-refractivity contribution < 1.29 is 18.4 Å². The standard InChI is InChI=1S/C44H54N4O2/c1-3-18-47-20-16-43-30-11-5-7-13-32(30)45-39(43)37-27(24-35(43)47)10-9-22-49-41(37)46-33-14-8-6-12-31(33)44-17-21-48(19-4-2)34(26-47)28-15-23-50-42(45)38(40(44)46)29(28)25-36(44)48/h5-15,27,29,34-42H,3-4,16-26H2,1-2H3/q+2/t27-,29-,34?,35-,36-,37+,38-,39+,40-,41+,42+,43-,44-,47-,48+/m0/s1. The van der Waals surface area contributed by atoms with Gasteiger partial charge in [-0.05, 0) is 47.6 Å². The summed E-state index contributed by atoms with van der Waals surface area (Å²) < 4.78 is 17.7. The van der Waals surface area contributed by atoms with Gasteiger partial charge >= 0.3 is 0 Å². The molecule has 5 saturated heterocycles. The summed E-state index contributed by atoms with van der Waals surface area (Å²) in [7, 11) is 0. The van der Waals surface area contributed by atoms with E-state index in [2.05, 4.69) is 90.4 Å². The molecule has 2 saturated carbocycles. The molecule has 50 heavy (non-hydrogen) atoms. The Morgan fingerprint density at radius 3 is 2.22 bits per heavy atom. The van der Waals surface area contributed by atoms with Crippen molar-refractivity contribution in [2.24, 2.45) is 23.7 Å². The van der Waals surface area contributed by atoms with Crippen molar-refractivity contribution in [2.75, 3.05) is 55.7 Å². The number of anilines is 2. The third-order valence-electron chi connectivity index (χ3n) is 17.9. The van der Waals surface area contributed by atoms with E-state index in [4.69, 9.17) is 9.47 Å². The zero-order valence-corrected chi connectivity index (χ0v) is 30.0. The van der Waals surface area contributed by atoms with Crippen LogP contribution in [0.5, 0.6) is 0 Å². The molecular formula is C44H54N4O2+2. The molecule has 9 aliphatic heterocycles. The van der Waals surface area contributed by atoms with E-state index in [0.717, 1.165) is 13.2 Å². The molecule has 11 bridgehead atoms. The van der Waals surface area contributed by atoms with Crippen LogP contribution in [-0.4, -0.2) is 97.6 Å². The lowest BCUT2D eigenvalue weighted by molar-refractivity contribution is -1.01. The van der Waals surface area contributed by atoms with Gasteiger partial charge in [-0.1, -0.05) is 68.5 Å². The normalized spacial score (nSPS) is 51.3. The van der Waals surface area contributed by atoms with E-state index >= 15 is 0 Å². The fourth-order valence-corrected chi connectivity index (χ4v) is 17.1. The predicted octanol–water partition coefficient (Wildman–Crippen LogP) is 6.11. The maximum atomic E-state index is 7.57. The minimum absolute atomic E-state index is 0.0644. The Bertz CT molecular complexity index is 1860. The van der Waals surface area contributed by atoms with Crippen LogP contribution in [-0.2, 0) is 20.3 Å². The molecule has 0 N–H and O–H groups in total. The Morgan fingerprint density at radius 1 is 0.760 bits per heavy atom. The molecule has 0 aromatic heterocycles. The Labute approximate surface area is 297 Å². The molecule has 2 aromatic carbocycles.